The van der Waals surface area contributed by atoms with Crippen LogP contribution in [-0.2, 0) is 4.79 Å². The van der Waals surface area contributed by atoms with Gasteiger partial charge < -0.3 is 5.32 Å². The van der Waals surface area contributed by atoms with Crippen LogP contribution in [0, 0.1) is 11.3 Å². The molecule has 9 heteroatoms. The van der Waals surface area contributed by atoms with E-state index in [9.17, 15) is 4.79 Å². The first-order valence-corrected chi connectivity index (χ1v) is 9.57. The summed E-state index contributed by atoms with van der Waals surface area (Å²) in [5, 5.41) is 19.0. The second-order valence-corrected chi connectivity index (χ2v) is 6.94. The molecule has 0 radical (unpaired) electrons. The molecule has 0 fully saturated rings. The van der Waals surface area contributed by atoms with Crippen molar-refractivity contribution in [3.63, 3.8) is 0 Å². The molecule has 26 heavy (non-hydrogen) atoms. The van der Waals surface area contributed by atoms with Crippen molar-refractivity contribution < 1.29 is 4.79 Å². The maximum Gasteiger partial charge on any atom is 0.234 e. The molecule has 0 atom stereocenters. The lowest BCUT2D eigenvalue weighted by molar-refractivity contribution is -0.113. The number of carbonyl (C=O) groups is 1. The van der Waals surface area contributed by atoms with E-state index in [1.807, 2.05) is 36.4 Å². The van der Waals surface area contributed by atoms with Crippen molar-refractivity contribution in [2.45, 2.75) is 10.1 Å². The van der Waals surface area contributed by atoms with E-state index in [1.54, 1.807) is 12.4 Å². The number of nitrogens with one attached hydrogen (secondary N) is 2. The third-order valence-corrected chi connectivity index (χ3v) is 4.99. The Morgan fingerprint density at radius 1 is 1.19 bits per heavy atom. The van der Waals surface area contributed by atoms with Gasteiger partial charge in [0.15, 0.2) is 5.82 Å². The summed E-state index contributed by atoms with van der Waals surface area (Å²) < 4.78 is 0. The van der Waals surface area contributed by atoms with Crippen LogP contribution < -0.4 is 5.32 Å². The molecule has 2 N–H and O–H groups in total. The quantitative estimate of drug-likeness (QED) is 0.604. The summed E-state index contributed by atoms with van der Waals surface area (Å²) in [5.41, 5.74) is 1.58. The van der Waals surface area contributed by atoms with Gasteiger partial charge in [0, 0.05) is 22.9 Å². The minimum Gasteiger partial charge on any atom is -0.324 e. The van der Waals surface area contributed by atoms with E-state index in [0.717, 1.165) is 10.5 Å². The van der Waals surface area contributed by atoms with E-state index in [2.05, 4.69) is 31.6 Å². The van der Waals surface area contributed by atoms with E-state index in [0.29, 0.717) is 22.4 Å². The summed E-state index contributed by atoms with van der Waals surface area (Å²) in [6, 6.07) is 13.2. The Morgan fingerprint density at radius 2 is 2.00 bits per heavy atom. The number of benzene rings is 1. The molecule has 7 nitrogen and oxygen atoms in total. The first kappa shape index (κ1) is 18.0. The zero-order valence-electron chi connectivity index (χ0n) is 13.5. The van der Waals surface area contributed by atoms with Crippen LogP contribution in [0.4, 0.5) is 5.69 Å². The molecule has 130 valence electrons. The van der Waals surface area contributed by atoms with Crippen molar-refractivity contribution in [1.82, 2.24) is 20.2 Å². The summed E-state index contributed by atoms with van der Waals surface area (Å²) in [6.07, 6.45) is 3.36. The molecule has 2 heterocycles. The molecule has 1 amide bonds. The highest BCUT2D eigenvalue weighted by Crippen LogP contribution is 2.27. The average Bonchev–Trinajstić information content (AvgIpc) is 3.15. The van der Waals surface area contributed by atoms with Gasteiger partial charge in [-0.05, 0) is 24.3 Å². The summed E-state index contributed by atoms with van der Waals surface area (Å²) in [7, 11) is 0. The highest BCUT2D eigenvalue weighted by Gasteiger charge is 2.11. The molecule has 0 bridgehead atoms. The smallest absolute Gasteiger partial charge is 0.234 e. The molecule has 0 aliphatic carbocycles. The van der Waals surface area contributed by atoms with Crippen LogP contribution >= 0.6 is 23.5 Å². The van der Waals surface area contributed by atoms with Gasteiger partial charge >= 0.3 is 0 Å². The first-order valence-electron chi connectivity index (χ1n) is 7.60. The number of rotatable bonds is 7. The van der Waals surface area contributed by atoms with Crippen LogP contribution in [-0.4, -0.2) is 37.6 Å². The van der Waals surface area contributed by atoms with Gasteiger partial charge in [-0.2, -0.15) is 5.26 Å². The van der Waals surface area contributed by atoms with Crippen LogP contribution in [0.2, 0.25) is 0 Å². The number of carbonyl (C=O) groups excluding carboxylic acids is 1. The molecule has 0 saturated carbocycles. The minimum atomic E-state index is -0.157. The second kappa shape index (κ2) is 9.03. The molecular weight excluding hydrogens is 368 g/mol. The predicted octanol–water partition coefficient (Wildman–Crippen LogP) is 3.21. The van der Waals surface area contributed by atoms with Crippen molar-refractivity contribution in [3.8, 4) is 17.5 Å². The third-order valence-electron chi connectivity index (χ3n) is 3.20. The van der Waals surface area contributed by atoms with Gasteiger partial charge in [-0.25, -0.2) is 4.98 Å². The van der Waals surface area contributed by atoms with E-state index in [-0.39, 0.29) is 11.7 Å². The van der Waals surface area contributed by atoms with Crippen molar-refractivity contribution in [3.05, 3.63) is 48.8 Å². The number of para-hydroxylation sites is 1. The van der Waals surface area contributed by atoms with Gasteiger partial charge in [0.2, 0.25) is 11.1 Å². The van der Waals surface area contributed by atoms with Crippen LogP contribution in [0.15, 0.2) is 58.8 Å². The van der Waals surface area contributed by atoms with Crippen LogP contribution in [0.5, 0.6) is 0 Å². The van der Waals surface area contributed by atoms with Crippen LogP contribution in [0.25, 0.3) is 11.4 Å². The zero-order valence-corrected chi connectivity index (χ0v) is 15.2. The van der Waals surface area contributed by atoms with E-state index in [1.165, 1.54) is 23.5 Å². The van der Waals surface area contributed by atoms with E-state index >= 15 is 0 Å². The maximum absolute atomic E-state index is 12.2. The lowest BCUT2D eigenvalue weighted by Crippen LogP contribution is -2.14. The Balaban J connectivity index is 1.57. The number of nitriles is 1. The van der Waals surface area contributed by atoms with Gasteiger partial charge in [0.25, 0.3) is 0 Å². The lowest BCUT2D eigenvalue weighted by atomic mass is 10.3. The number of pyridine rings is 1. The molecule has 3 aromatic rings. The Bertz CT molecular complexity index is 922. The van der Waals surface area contributed by atoms with Gasteiger partial charge in [0.05, 0.1) is 23.3 Å². The molecular formula is C17H14N6OS2. The number of anilines is 1. The lowest BCUT2D eigenvalue weighted by Gasteiger charge is -2.08. The number of amides is 1. The third kappa shape index (κ3) is 4.84. The Labute approximate surface area is 158 Å². The summed E-state index contributed by atoms with van der Waals surface area (Å²) in [6.45, 7) is 0. The largest absolute Gasteiger partial charge is 0.324 e. The summed E-state index contributed by atoms with van der Waals surface area (Å²) in [5.74, 6) is 0.991. The number of aromatic amines is 1. The van der Waals surface area contributed by atoms with Crippen molar-refractivity contribution in [1.29, 1.82) is 5.26 Å². The van der Waals surface area contributed by atoms with E-state index < -0.39 is 0 Å². The first-order chi connectivity index (χ1) is 12.8. The highest BCUT2D eigenvalue weighted by atomic mass is 32.2. The van der Waals surface area contributed by atoms with Gasteiger partial charge in [-0.3, -0.25) is 14.9 Å². The molecule has 1 aromatic carbocycles. The molecule has 0 spiro atoms. The Hall–Kier alpha value is -2.83. The normalized spacial score (nSPS) is 10.3. The predicted molar refractivity (Wildman–Crippen MR) is 102 cm³/mol. The number of nitrogens with zero attached hydrogens (tertiary/aromatic N) is 4. The molecule has 3 rings (SSSR count). The van der Waals surface area contributed by atoms with Crippen LogP contribution in [0.3, 0.4) is 0 Å². The fourth-order valence-corrected chi connectivity index (χ4v) is 3.34. The number of aromatic nitrogens is 4. The highest BCUT2D eigenvalue weighted by molar-refractivity contribution is 8.00. The number of thioether (sulfide) groups is 2. The number of H-pyrrole nitrogens is 1. The fourth-order valence-electron chi connectivity index (χ4n) is 2.07. The average molecular weight is 382 g/mol. The number of hydrogen-bond acceptors (Lipinski definition) is 7. The Kier molecular flexibility index (Phi) is 6.24. The van der Waals surface area contributed by atoms with Gasteiger partial charge in [0.1, 0.15) is 0 Å². The summed E-state index contributed by atoms with van der Waals surface area (Å²) in [4.78, 5) is 21.4. The zero-order chi connectivity index (χ0) is 18.2. The van der Waals surface area contributed by atoms with E-state index in [4.69, 9.17) is 5.26 Å². The SMILES string of the molecule is N#CCSc1ccccc1NC(=O)CSc1n[nH]c(-c2ccncc2)n1. The molecule has 0 unspecified atom stereocenters. The molecule has 0 aliphatic rings. The van der Waals surface area contributed by atoms with Gasteiger partial charge in [-0.15, -0.1) is 16.9 Å². The van der Waals surface area contributed by atoms with Crippen molar-refractivity contribution >= 4 is 35.1 Å². The minimum absolute atomic E-state index is 0.157. The topological polar surface area (TPSA) is 107 Å². The Morgan fingerprint density at radius 3 is 2.81 bits per heavy atom. The second-order valence-electron chi connectivity index (χ2n) is 4.98. The monoisotopic (exact) mass is 382 g/mol. The molecule has 2 aromatic heterocycles. The van der Waals surface area contributed by atoms with Crippen molar-refractivity contribution in [2.24, 2.45) is 0 Å². The molecule has 0 aliphatic heterocycles. The fraction of sp³-hybridized carbons (Fsp3) is 0.118. The van der Waals surface area contributed by atoms with Crippen molar-refractivity contribution in [2.75, 3.05) is 16.8 Å². The number of hydrogen-bond donors (Lipinski definition) is 2. The standard InChI is InChI=1S/C17H14N6OS2/c18-7-10-25-14-4-2-1-3-13(14)20-15(24)11-26-17-21-16(22-23-17)12-5-8-19-9-6-12/h1-6,8-9H,10-11H2,(H,20,24)(H,21,22,23). The van der Waals surface area contributed by atoms with Gasteiger partial charge in [-0.1, -0.05) is 23.9 Å². The maximum atomic E-state index is 12.2. The molecule has 0 saturated heterocycles. The summed E-state index contributed by atoms with van der Waals surface area (Å²) >= 11 is 2.63. The van der Waals surface area contributed by atoms with Crippen LogP contribution in [0.1, 0.15) is 0 Å².